The van der Waals surface area contributed by atoms with E-state index in [2.05, 4.69) is 5.32 Å². The molecule has 23 heavy (non-hydrogen) atoms. The Labute approximate surface area is 135 Å². The highest BCUT2D eigenvalue weighted by molar-refractivity contribution is 7.89. The number of ether oxygens (including phenoxy) is 1. The van der Waals surface area contributed by atoms with Crippen LogP contribution in [-0.2, 0) is 10.0 Å². The van der Waals surface area contributed by atoms with E-state index in [9.17, 15) is 13.2 Å². The van der Waals surface area contributed by atoms with Gasteiger partial charge in [0.2, 0.25) is 10.0 Å². The van der Waals surface area contributed by atoms with Gasteiger partial charge in [0.1, 0.15) is 5.75 Å². The first-order valence-electron chi connectivity index (χ1n) is 6.83. The molecule has 0 fully saturated rings. The number of carbonyl (C=O) groups excluding carboxylic acids is 1. The standard InChI is InChI=1S/C16H18N2O4S/c1-18(2)23(20,21)13-8-6-7-12(11-13)17-16(19)14-9-4-5-10-15(14)22-3/h4-11H,1-3H3,(H,17,19). The van der Waals surface area contributed by atoms with Crippen LogP contribution >= 0.6 is 0 Å². The zero-order valence-electron chi connectivity index (χ0n) is 13.1. The highest BCUT2D eigenvalue weighted by Gasteiger charge is 2.18. The van der Waals surface area contributed by atoms with E-state index in [1.165, 1.54) is 33.3 Å². The van der Waals surface area contributed by atoms with Crippen molar-refractivity contribution in [2.24, 2.45) is 0 Å². The molecule has 2 aromatic rings. The zero-order chi connectivity index (χ0) is 17.0. The molecule has 0 unspecified atom stereocenters. The molecule has 0 saturated heterocycles. The third-order valence-corrected chi connectivity index (χ3v) is 5.03. The summed E-state index contributed by atoms with van der Waals surface area (Å²) in [5.74, 6) is 0.0731. The van der Waals surface area contributed by atoms with Crippen molar-refractivity contribution in [1.29, 1.82) is 0 Å². The SMILES string of the molecule is COc1ccccc1C(=O)Nc1cccc(S(=O)(=O)N(C)C)c1. The number of amides is 1. The van der Waals surface area contributed by atoms with Crippen molar-refractivity contribution < 1.29 is 17.9 Å². The Hall–Kier alpha value is -2.38. The second-order valence-electron chi connectivity index (χ2n) is 4.97. The van der Waals surface area contributed by atoms with Gasteiger partial charge in [-0.1, -0.05) is 18.2 Å². The maximum atomic E-state index is 12.3. The molecule has 2 rings (SSSR count). The van der Waals surface area contributed by atoms with Crippen molar-refractivity contribution in [1.82, 2.24) is 4.31 Å². The molecule has 0 aliphatic rings. The first kappa shape index (κ1) is 17.0. The minimum Gasteiger partial charge on any atom is -0.496 e. The lowest BCUT2D eigenvalue weighted by Gasteiger charge is -2.13. The van der Waals surface area contributed by atoms with Crippen molar-refractivity contribution >= 4 is 21.6 Å². The van der Waals surface area contributed by atoms with Crippen LogP contribution < -0.4 is 10.1 Å². The highest BCUT2D eigenvalue weighted by Crippen LogP contribution is 2.21. The van der Waals surface area contributed by atoms with Crippen LogP contribution in [0.1, 0.15) is 10.4 Å². The van der Waals surface area contributed by atoms with Crippen LogP contribution in [0.2, 0.25) is 0 Å². The number of methoxy groups -OCH3 is 1. The van der Waals surface area contributed by atoms with Gasteiger partial charge in [-0.05, 0) is 30.3 Å². The third-order valence-electron chi connectivity index (χ3n) is 3.22. The molecule has 6 nitrogen and oxygen atoms in total. The smallest absolute Gasteiger partial charge is 0.259 e. The minimum absolute atomic E-state index is 0.111. The second-order valence-corrected chi connectivity index (χ2v) is 7.12. The van der Waals surface area contributed by atoms with Crippen LogP contribution in [0.5, 0.6) is 5.75 Å². The zero-order valence-corrected chi connectivity index (χ0v) is 13.9. The molecule has 0 heterocycles. The van der Waals surface area contributed by atoms with Gasteiger partial charge in [0.15, 0.2) is 0 Å². The molecule has 0 aliphatic carbocycles. The molecule has 0 bridgehead atoms. The summed E-state index contributed by atoms with van der Waals surface area (Å²) in [7, 11) is 0.835. The van der Waals surface area contributed by atoms with Gasteiger partial charge in [-0.3, -0.25) is 4.79 Å². The molecule has 0 atom stereocenters. The van der Waals surface area contributed by atoms with E-state index in [4.69, 9.17) is 4.74 Å². The molecule has 2 aromatic carbocycles. The molecule has 1 amide bonds. The van der Waals surface area contributed by atoms with E-state index in [0.717, 1.165) is 4.31 Å². The van der Waals surface area contributed by atoms with Gasteiger partial charge >= 0.3 is 0 Å². The molecule has 122 valence electrons. The topological polar surface area (TPSA) is 75.7 Å². The van der Waals surface area contributed by atoms with Gasteiger partial charge in [0.05, 0.1) is 17.6 Å². The summed E-state index contributed by atoms with van der Waals surface area (Å²) in [6.45, 7) is 0. The normalized spacial score (nSPS) is 11.3. The number of hydrogen-bond acceptors (Lipinski definition) is 4. The van der Waals surface area contributed by atoms with E-state index in [1.807, 2.05) is 0 Å². The summed E-state index contributed by atoms with van der Waals surface area (Å²) in [4.78, 5) is 12.4. The van der Waals surface area contributed by atoms with Crippen molar-refractivity contribution in [3.05, 3.63) is 54.1 Å². The van der Waals surface area contributed by atoms with E-state index in [0.29, 0.717) is 17.0 Å². The van der Waals surface area contributed by atoms with Gasteiger partial charge in [-0.15, -0.1) is 0 Å². The van der Waals surface area contributed by atoms with Crippen LogP contribution in [0.4, 0.5) is 5.69 Å². The number of nitrogens with zero attached hydrogens (tertiary/aromatic N) is 1. The molecule has 0 saturated carbocycles. The van der Waals surface area contributed by atoms with Crippen molar-refractivity contribution in [3.8, 4) is 5.75 Å². The first-order valence-corrected chi connectivity index (χ1v) is 8.27. The lowest BCUT2D eigenvalue weighted by molar-refractivity contribution is 0.102. The molecule has 0 spiro atoms. The predicted molar refractivity (Wildman–Crippen MR) is 88.3 cm³/mol. The number of carbonyl (C=O) groups is 1. The average Bonchev–Trinajstić information content (AvgIpc) is 2.54. The molecule has 1 N–H and O–H groups in total. The average molecular weight is 334 g/mol. The second kappa shape index (κ2) is 6.80. The van der Waals surface area contributed by atoms with Crippen LogP contribution in [0.15, 0.2) is 53.4 Å². The fourth-order valence-corrected chi connectivity index (χ4v) is 2.92. The Morgan fingerprint density at radius 3 is 2.43 bits per heavy atom. The van der Waals surface area contributed by atoms with Crippen LogP contribution in [-0.4, -0.2) is 39.8 Å². The largest absolute Gasteiger partial charge is 0.496 e. The maximum absolute atomic E-state index is 12.3. The van der Waals surface area contributed by atoms with Crippen LogP contribution in [0.3, 0.4) is 0 Å². The molecule has 7 heteroatoms. The molecule has 0 radical (unpaired) electrons. The lowest BCUT2D eigenvalue weighted by atomic mass is 10.2. The van der Waals surface area contributed by atoms with Gasteiger partial charge in [-0.2, -0.15) is 0 Å². The minimum atomic E-state index is -3.56. The van der Waals surface area contributed by atoms with E-state index < -0.39 is 10.0 Å². The Kier molecular flexibility index (Phi) is 5.02. The Morgan fingerprint density at radius 1 is 1.09 bits per heavy atom. The molecular formula is C16H18N2O4S. The van der Waals surface area contributed by atoms with Gasteiger partial charge < -0.3 is 10.1 Å². The number of anilines is 1. The quantitative estimate of drug-likeness (QED) is 0.909. The Morgan fingerprint density at radius 2 is 1.78 bits per heavy atom. The summed E-state index contributed by atoms with van der Waals surface area (Å²) in [6, 6.07) is 12.9. The summed E-state index contributed by atoms with van der Waals surface area (Å²) >= 11 is 0. The van der Waals surface area contributed by atoms with Gasteiger partial charge in [0.25, 0.3) is 5.91 Å². The molecule has 0 aromatic heterocycles. The number of hydrogen-bond donors (Lipinski definition) is 1. The van der Waals surface area contributed by atoms with E-state index >= 15 is 0 Å². The fraction of sp³-hybridized carbons (Fsp3) is 0.188. The van der Waals surface area contributed by atoms with Crippen molar-refractivity contribution in [3.63, 3.8) is 0 Å². The summed E-state index contributed by atoms with van der Waals surface area (Å²) in [5, 5.41) is 2.68. The van der Waals surface area contributed by atoms with Crippen molar-refractivity contribution in [2.75, 3.05) is 26.5 Å². The lowest BCUT2D eigenvalue weighted by Crippen LogP contribution is -2.22. The van der Waals surface area contributed by atoms with E-state index in [1.54, 1.807) is 36.4 Å². The number of sulfonamides is 1. The highest BCUT2D eigenvalue weighted by atomic mass is 32.2. The monoisotopic (exact) mass is 334 g/mol. The van der Waals surface area contributed by atoms with Gasteiger partial charge in [-0.25, -0.2) is 12.7 Å². The number of nitrogens with one attached hydrogen (secondary N) is 1. The predicted octanol–water partition coefficient (Wildman–Crippen LogP) is 2.20. The summed E-state index contributed by atoms with van der Waals surface area (Å²) in [5.41, 5.74) is 0.764. The molecule has 0 aliphatic heterocycles. The maximum Gasteiger partial charge on any atom is 0.259 e. The molecular weight excluding hydrogens is 316 g/mol. The first-order chi connectivity index (χ1) is 10.9. The number of benzene rings is 2. The van der Waals surface area contributed by atoms with Crippen LogP contribution in [0, 0.1) is 0 Å². The van der Waals surface area contributed by atoms with Gasteiger partial charge in [0, 0.05) is 19.8 Å². The van der Waals surface area contributed by atoms with Crippen molar-refractivity contribution in [2.45, 2.75) is 4.90 Å². The Balaban J connectivity index is 2.29. The van der Waals surface area contributed by atoms with Crippen LogP contribution in [0.25, 0.3) is 0 Å². The fourth-order valence-electron chi connectivity index (χ4n) is 1.98. The number of para-hydroxylation sites is 1. The summed E-state index contributed by atoms with van der Waals surface area (Å²) < 4.78 is 30.5. The Bertz CT molecular complexity index is 816. The van der Waals surface area contributed by atoms with E-state index in [-0.39, 0.29) is 10.8 Å². The number of rotatable bonds is 5. The summed E-state index contributed by atoms with van der Waals surface area (Å²) in [6.07, 6.45) is 0. The third kappa shape index (κ3) is 3.69.